The Morgan fingerprint density at radius 3 is 2.14 bits per heavy atom. The van der Waals surface area contributed by atoms with Crippen molar-refractivity contribution >= 4 is 27.5 Å². The van der Waals surface area contributed by atoms with Crippen molar-refractivity contribution in [1.29, 1.82) is 0 Å². The topological polar surface area (TPSA) is 0 Å². The van der Waals surface area contributed by atoms with E-state index < -0.39 is 0 Å². The molecule has 2 heteroatoms. The lowest BCUT2D eigenvalue weighted by Crippen LogP contribution is -2.27. The Bertz CT molecular complexity index is 493. The molecule has 2 rings (SSSR count). The first-order valence-electron chi connectivity index (χ1n) is 8.11. The Morgan fingerprint density at radius 1 is 1.05 bits per heavy atom. The highest BCUT2D eigenvalue weighted by atomic mass is 79.9. The summed E-state index contributed by atoms with van der Waals surface area (Å²) in [5, 5.41) is 0.165. The number of alkyl halides is 1. The highest BCUT2D eigenvalue weighted by Gasteiger charge is 2.33. The molecular weight excluding hydrogens is 344 g/mol. The van der Waals surface area contributed by atoms with E-state index in [-0.39, 0.29) is 5.38 Å². The fourth-order valence-corrected chi connectivity index (χ4v) is 4.58. The molecule has 0 radical (unpaired) electrons. The van der Waals surface area contributed by atoms with Crippen LogP contribution in [0, 0.1) is 31.1 Å². The third-order valence-electron chi connectivity index (χ3n) is 5.25. The molecule has 21 heavy (non-hydrogen) atoms. The van der Waals surface area contributed by atoms with Crippen LogP contribution in [0.3, 0.4) is 0 Å². The predicted octanol–water partition coefficient (Wildman–Crippen LogP) is 7.20. The number of benzene rings is 1. The first-order valence-corrected chi connectivity index (χ1v) is 9.34. The monoisotopic (exact) mass is 370 g/mol. The fourth-order valence-electron chi connectivity index (χ4n) is 3.63. The molecule has 1 aliphatic rings. The van der Waals surface area contributed by atoms with E-state index in [0.717, 1.165) is 5.92 Å². The molecule has 0 bridgehead atoms. The molecule has 1 atom stereocenters. The third-order valence-corrected chi connectivity index (χ3v) is 6.70. The summed E-state index contributed by atoms with van der Waals surface area (Å²) >= 11 is 10.5. The van der Waals surface area contributed by atoms with Crippen molar-refractivity contribution in [1.82, 2.24) is 0 Å². The normalized spacial score (nSPS) is 24.9. The van der Waals surface area contributed by atoms with Crippen LogP contribution in [0.25, 0.3) is 0 Å². The zero-order valence-corrected chi connectivity index (χ0v) is 16.3. The highest BCUT2D eigenvalue weighted by molar-refractivity contribution is 9.10. The van der Waals surface area contributed by atoms with Crippen LogP contribution >= 0.6 is 27.5 Å². The Morgan fingerprint density at radius 2 is 1.62 bits per heavy atom. The minimum absolute atomic E-state index is 0.165. The second-order valence-electron chi connectivity index (χ2n) is 7.84. The fraction of sp³-hybridized carbons (Fsp3) is 0.684. The van der Waals surface area contributed by atoms with Crippen LogP contribution in [0.4, 0.5) is 0 Å². The maximum absolute atomic E-state index is 6.86. The van der Waals surface area contributed by atoms with E-state index in [1.165, 1.54) is 46.8 Å². The zero-order valence-electron chi connectivity index (χ0n) is 14.0. The van der Waals surface area contributed by atoms with Crippen molar-refractivity contribution < 1.29 is 0 Å². The second kappa shape index (κ2) is 6.62. The van der Waals surface area contributed by atoms with Gasteiger partial charge in [-0.25, -0.2) is 0 Å². The van der Waals surface area contributed by atoms with E-state index >= 15 is 0 Å². The van der Waals surface area contributed by atoms with Crippen molar-refractivity contribution in [3.05, 3.63) is 33.3 Å². The van der Waals surface area contributed by atoms with E-state index in [4.69, 9.17) is 11.6 Å². The summed E-state index contributed by atoms with van der Waals surface area (Å²) in [7, 11) is 0. The molecule has 118 valence electrons. The number of rotatable bonds is 2. The van der Waals surface area contributed by atoms with Crippen molar-refractivity contribution in [3.8, 4) is 0 Å². The summed E-state index contributed by atoms with van der Waals surface area (Å²) in [4.78, 5) is 0. The Hall–Kier alpha value is -0.0100. The first kappa shape index (κ1) is 17.3. The maximum atomic E-state index is 6.86. The molecule has 0 aliphatic heterocycles. The van der Waals surface area contributed by atoms with Gasteiger partial charge in [0.15, 0.2) is 0 Å². The average Bonchev–Trinajstić information content (AvgIpc) is 2.41. The standard InChI is InChI=1S/C19H28BrCl/c1-12-11-17(20)13(2)10-16(12)18(21)14-6-8-15(9-7-14)19(3,4)5/h10-11,14-15,18H,6-9H2,1-5H3. The summed E-state index contributed by atoms with van der Waals surface area (Å²) in [5.74, 6) is 1.48. The van der Waals surface area contributed by atoms with Gasteiger partial charge >= 0.3 is 0 Å². The molecule has 1 aromatic rings. The molecule has 0 spiro atoms. The Kier molecular flexibility index (Phi) is 5.47. The van der Waals surface area contributed by atoms with Crippen LogP contribution in [0.2, 0.25) is 0 Å². The first-order chi connectivity index (χ1) is 9.70. The lowest BCUT2D eigenvalue weighted by atomic mass is 9.69. The number of hydrogen-bond acceptors (Lipinski definition) is 0. The summed E-state index contributed by atoms with van der Waals surface area (Å²) in [5.41, 5.74) is 4.36. The van der Waals surface area contributed by atoms with Gasteiger partial charge in [0.1, 0.15) is 0 Å². The van der Waals surface area contributed by atoms with Gasteiger partial charge in [-0.15, -0.1) is 11.6 Å². The molecular formula is C19H28BrCl. The molecule has 0 heterocycles. The van der Waals surface area contributed by atoms with Crippen molar-refractivity contribution in [2.24, 2.45) is 17.3 Å². The van der Waals surface area contributed by atoms with E-state index in [2.05, 4.69) is 62.7 Å². The van der Waals surface area contributed by atoms with Gasteiger partial charge in [0.2, 0.25) is 0 Å². The van der Waals surface area contributed by atoms with Crippen LogP contribution in [-0.2, 0) is 0 Å². The minimum atomic E-state index is 0.165. The molecule has 1 saturated carbocycles. The van der Waals surface area contributed by atoms with Gasteiger partial charge in [-0.2, -0.15) is 0 Å². The van der Waals surface area contributed by atoms with Crippen LogP contribution < -0.4 is 0 Å². The van der Waals surface area contributed by atoms with Crippen LogP contribution in [0.15, 0.2) is 16.6 Å². The van der Waals surface area contributed by atoms with Crippen LogP contribution in [0.5, 0.6) is 0 Å². The van der Waals surface area contributed by atoms with Gasteiger partial charge in [0, 0.05) is 4.47 Å². The largest absolute Gasteiger partial charge is 0.118 e. The molecule has 1 fully saturated rings. The molecule has 0 aromatic heterocycles. The summed E-state index contributed by atoms with van der Waals surface area (Å²) in [6.45, 7) is 11.4. The third kappa shape index (κ3) is 4.05. The molecule has 0 saturated heterocycles. The number of hydrogen-bond donors (Lipinski definition) is 0. The van der Waals surface area contributed by atoms with E-state index in [0.29, 0.717) is 11.3 Å². The smallest absolute Gasteiger partial charge is 0.0616 e. The molecule has 0 nitrogen and oxygen atoms in total. The Labute approximate surface area is 143 Å². The van der Waals surface area contributed by atoms with E-state index in [1.54, 1.807) is 0 Å². The summed E-state index contributed by atoms with van der Waals surface area (Å²) in [6.07, 6.45) is 5.19. The van der Waals surface area contributed by atoms with Crippen LogP contribution in [-0.4, -0.2) is 0 Å². The molecule has 0 N–H and O–H groups in total. The minimum Gasteiger partial charge on any atom is -0.118 e. The summed E-state index contributed by atoms with van der Waals surface area (Å²) < 4.78 is 1.18. The lowest BCUT2D eigenvalue weighted by molar-refractivity contribution is 0.148. The molecule has 1 aliphatic carbocycles. The van der Waals surface area contributed by atoms with Gasteiger partial charge in [-0.05, 0) is 79.5 Å². The van der Waals surface area contributed by atoms with Crippen molar-refractivity contribution in [2.75, 3.05) is 0 Å². The van der Waals surface area contributed by atoms with Crippen LogP contribution in [0.1, 0.15) is 68.5 Å². The van der Waals surface area contributed by atoms with Gasteiger partial charge in [0.25, 0.3) is 0 Å². The van der Waals surface area contributed by atoms with E-state index in [1.807, 2.05) is 0 Å². The lowest BCUT2D eigenvalue weighted by Gasteiger charge is -2.38. The zero-order chi connectivity index (χ0) is 15.8. The molecule has 0 amide bonds. The average molecular weight is 372 g/mol. The highest BCUT2D eigenvalue weighted by Crippen LogP contribution is 2.46. The number of halogens is 2. The van der Waals surface area contributed by atoms with Crippen molar-refractivity contribution in [2.45, 2.75) is 65.7 Å². The second-order valence-corrected chi connectivity index (χ2v) is 9.16. The maximum Gasteiger partial charge on any atom is 0.0616 e. The van der Waals surface area contributed by atoms with Crippen molar-refractivity contribution in [3.63, 3.8) is 0 Å². The predicted molar refractivity (Wildman–Crippen MR) is 97.1 cm³/mol. The van der Waals surface area contributed by atoms with Gasteiger partial charge in [-0.3, -0.25) is 0 Å². The van der Waals surface area contributed by atoms with E-state index in [9.17, 15) is 0 Å². The number of aryl methyl sites for hydroxylation is 2. The van der Waals surface area contributed by atoms with Gasteiger partial charge < -0.3 is 0 Å². The molecule has 1 aromatic carbocycles. The van der Waals surface area contributed by atoms with Gasteiger partial charge in [-0.1, -0.05) is 42.8 Å². The Balaban J connectivity index is 2.09. The SMILES string of the molecule is Cc1cc(C(Cl)C2CCC(C(C)(C)C)CC2)c(C)cc1Br. The quantitative estimate of drug-likeness (QED) is 0.482. The molecule has 1 unspecified atom stereocenters. The van der Waals surface area contributed by atoms with Gasteiger partial charge in [0.05, 0.1) is 5.38 Å². The summed E-state index contributed by atoms with van der Waals surface area (Å²) in [6, 6.07) is 4.48.